The number of benzene rings is 1. The number of nitrogens with one attached hydrogen (secondary N) is 1. The molecule has 0 aliphatic rings. The number of anilines is 1. The van der Waals surface area contributed by atoms with E-state index in [9.17, 15) is 20.2 Å². The zero-order valence-corrected chi connectivity index (χ0v) is 7.15. The summed E-state index contributed by atoms with van der Waals surface area (Å²) < 4.78 is 0. The Kier molecular flexibility index (Phi) is 2.73. The molecule has 0 fully saturated rings. The highest BCUT2D eigenvalue weighted by Gasteiger charge is 2.21. The summed E-state index contributed by atoms with van der Waals surface area (Å²) in [5, 5.41) is 31.5. The van der Waals surface area contributed by atoms with Crippen LogP contribution in [-0.2, 0) is 0 Å². The first kappa shape index (κ1) is 10.3. The molecule has 1 N–H and O–H groups in total. The Morgan fingerprint density at radius 2 is 1.93 bits per heavy atom. The van der Waals surface area contributed by atoms with Gasteiger partial charge in [0, 0.05) is 6.07 Å². The molecule has 0 amide bonds. The van der Waals surface area contributed by atoms with Crippen LogP contribution in [0.4, 0.5) is 17.1 Å². The van der Waals surface area contributed by atoms with Gasteiger partial charge >= 0.3 is 10.8 Å². The average Bonchev–Trinajstić information content (AvgIpc) is 2.18. The van der Waals surface area contributed by atoms with Crippen LogP contribution < -0.4 is 5.43 Å². The first-order valence-electron chi connectivity index (χ1n) is 3.59. The number of nitro groups is 2. The largest absolute Gasteiger partial charge is 0.308 e. The van der Waals surface area contributed by atoms with Gasteiger partial charge in [-0.05, 0) is 11.5 Å². The molecule has 1 aromatic rings. The number of hydrogen-bond acceptors (Lipinski definition) is 6. The van der Waals surface area contributed by atoms with Crippen LogP contribution in [0.2, 0.25) is 0 Å². The number of hydrogen-bond donors (Lipinski definition) is 1. The predicted octanol–water partition coefficient (Wildman–Crippen LogP) is 1.68. The number of diazo groups is 1. The normalized spacial score (nSPS) is 9.00. The monoisotopic (exact) mass is 210 g/mol. The van der Waals surface area contributed by atoms with Crippen molar-refractivity contribution in [2.75, 3.05) is 5.43 Å². The van der Waals surface area contributed by atoms with E-state index in [4.69, 9.17) is 5.39 Å². The summed E-state index contributed by atoms with van der Waals surface area (Å²) in [4.78, 5) is 19.2. The van der Waals surface area contributed by atoms with Gasteiger partial charge in [-0.3, -0.25) is 20.2 Å². The number of nitrogens with zero attached hydrogens (tertiary/aromatic N) is 4. The van der Waals surface area contributed by atoms with E-state index in [1.165, 1.54) is 0 Å². The lowest BCUT2D eigenvalue weighted by Crippen LogP contribution is -1.96. The molecular formula is C6H4N5O4+. The summed E-state index contributed by atoms with van der Waals surface area (Å²) in [6.07, 6.45) is 0. The minimum atomic E-state index is -0.819. The first-order valence-corrected chi connectivity index (χ1v) is 3.59. The highest BCUT2D eigenvalue weighted by Crippen LogP contribution is 2.28. The molecule has 76 valence electrons. The van der Waals surface area contributed by atoms with Crippen LogP contribution in [0.5, 0.6) is 0 Å². The van der Waals surface area contributed by atoms with Crippen LogP contribution in [-0.4, -0.2) is 9.85 Å². The third-order valence-electron chi connectivity index (χ3n) is 1.56. The molecule has 0 radical (unpaired) electrons. The molecule has 9 nitrogen and oxygen atoms in total. The van der Waals surface area contributed by atoms with E-state index < -0.39 is 21.2 Å². The molecule has 0 aromatic heterocycles. The smallest absolute Gasteiger partial charge is 0.258 e. The Hall–Kier alpha value is -2.76. The summed E-state index contributed by atoms with van der Waals surface area (Å²) in [5.41, 5.74) is 0.857. The van der Waals surface area contributed by atoms with Crippen molar-refractivity contribution in [1.29, 1.82) is 5.39 Å². The average molecular weight is 210 g/mol. The molecule has 0 atom stereocenters. The van der Waals surface area contributed by atoms with Gasteiger partial charge in [0.2, 0.25) is 0 Å². The summed E-state index contributed by atoms with van der Waals surface area (Å²) in [7, 11) is 0. The number of non-ortho nitro benzene ring substituents is 1. The molecule has 0 spiro atoms. The third kappa shape index (κ3) is 2.13. The molecular weight excluding hydrogens is 206 g/mol. The van der Waals surface area contributed by atoms with E-state index >= 15 is 0 Å². The van der Waals surface area contributed by atoms with Crippen LogP contribution in [0.25, 0.3) is 5.08 Å². The molecule has 0 unspecified atom stereocenters. The minimum absolute atomic E-state index is 0.131. The minimum Gasteiger partial charge on any atom is -0.258 e. The van der Waals surface area contributed by atoms with E-state index in [1.807, 2.05) is 5.43 Å². The van der Waals surface area contributed by atoms with Gasteiger partial charge in [-0.1, -0.05) is 0 Å². The van der Waals surface area contributed by atoms with Crippen molar-refractivity contribution in [2.45, 2.75) is 0 Å². The molecule has 0 saturated carbocycles. The number of nitro benzene ring substituents is 2. The Bertz CT molecular complexity index is 465. The molecule has 0 aliphatic heterocycles. The maximum atomic E-state index is 10.5. The molecule has 1 aromatic carbocycles. The van der Waals surface area contributed by atoms with Crippen LogP contribution in [0.3, 0.4) is 0 Å². The van der Waals surface area contributed by atoms with Gasteiger partial charge < -0.3 is 0 Å². The Morgan fingerprint density at radius 1 is 1.27 bits per heavy atom. The van der Waals surface area contributed by atoms with Crippen LogP contribution in [0.1, 0.15) is 0 Å². The van der Waals surface area contributed by atoms with Crippen molar-refractivity contribution in [3.63, 3.8) is 0 Å². The molecule has 0 aliphatic carbocycles. The summed E-state index contributed by atoms with van der Waals surface area (Å²) in [6.45, 7) is 0. The maximum Gasteiger partial charge on any atom is 0.308 e. The van der Waals surface area contributed by atoms with Crippen LogP contribution in [0, 0.1) is 25.6 Å². The van der Waals surface area contributed by atoms with Gasteiger partial charge in [0.05, 0.1) is 15.9 Å². The van der Waals surface area contributed by atoms with Crippen molar-refractivity contribution in [1.82, 2.24) is 0 Å². The molecule has 1 rings (SSSR count). The molecule has 0 heterocycles. The lowest BCUT2D eigenvalue weighted by Gasteiger charge is -1.94. The Morgan fingerprint density at radius 3 is 2.40 bits per heavy atom. The highest BCUT2D eigenvalue weighted by atomic mass is 16.6. The molecule has 9 heteroatoms. The fourth-order valence-electron chi connectivity index (χ4n) is 0.933. The fraction of sp³-hybridized carbons (Fsp3) is 0. The summed E-state index contributed by atoms with van der Waals surface area (Å²) in [5.74, 6) is 0. The zero-order valence-electron chi connectivity index (χ0n) is 7.15. The van der Waals surface area contributed by atoms with Crippen molar-refractivity contribution >= 4 is 17.1 Å². The van der Waals surface area contributed by atoms with E-state index in [-0.39, 0.29) is 5.69 Å². The third-order valence-corrected chi connectivity index (χ3v) is 1.56. The summed E-state index contributed by atoms with van der Waals surface area (Å²) in [6, 6.07) is 2.91. The van der Waals surface area contributed by atoms with Gasteiger partial charge in [-0.25, -0.2) is 0 Å². The second-order valence-electron chi connectivity index (χ2n) is 2.43. The fourth-order valence-corrected chi connectivity index (χ4v) is 0.933. The lowest BCUT2D eigenvalue weighted by molar-refractivity contribution is -0.393. The van der Waals surface area contributed by atoms with Gasteiger partial charge in [0.25, 0.3) is 11.1 Å². The number of rotatable bonds is 3. The SMILES string of the molecule is N#[N+]Nc1ccc([N+](=O)[O-])cc1[N+](=O)[O-]. The molecule has 0 bridgehead atoms. The molecule has 15 heavy (non-hydrogen) atoms. The maximum absolute atomic E-state index is 10.5. The topological polar surface area (TPSA) is 126 Å². The zero-order chi connectivity index (χ0) is 11.4. The van der Waals surface area contributed by atoms with E-state index in [0.717, 1.165) is 18.2 Å². The van der Waals surface area contributed by atoms with Gasteiger partial charge in [-0.2, -0.15) is 0 Å². The van der Waals surface area contributed by atoms with Gasteiger partial charge in [0.1, 0.15) is 0 Å². The summed E-state index contributed by atoms with van der Waals surface area (Å²) >= 11 is 0. The second kappa shape index (κ2) is 3.97. The lowest BCUT2D eigenvalue weighted by atomic mass is 10.2. The van der Waals surface area contributed by atoms with Crippen molar-refractivity contribution in [2.24, 2.45) is 0 Å². The second-order valence-corrected chi connectivity index (χ2v) is 2.43. The standard InChI is InChI=1S/C6H4N5O4/c7-9-8-5-2-1-4(10(12)13)3-6(5)11(14)15/h1-3,8H/q+1. The van der Waals surface area contributed by atoms with Gasteiger partial charge in [0.15, 0.2) is 5.69 Å². The van der Waals surface area contributed by atoms with Crippen molar-refractivity contribution in [3.05, 3.63) is 43.5 Å². The van der Waals surface area contributed by atoms with Crippen molar-refractivity contribution in [3.8, 4) is 0 Å². The van der Waals surface area contributed by atoms with Crippen LogP contribution in [0.15, 0.2) is 18.2 Å². The first-order chi connectivity index (χ1) is 7.06. The molecule has 0 saturated heterocycles. The predicted molar refractivity (Wildman–Crippen MR) is 48.5 cm³/mol. The van der Waals surface area contributed by atoms with Crippen LogP contribution >= 0.6 is 0 Å². The Labute approximate surface area is 82.2 Å². The van der Waals surface area contributed by atoms with E-state index in [0.29, 0.717) is 0 Å². The van der Waals surface area contributed by atoms with E-state index in [1.54, 1.807) is 0 Å². The van der Waals surface area contributed by atoms with Crippen molar-refractivity contribution < 1.29 is 9.85 Å². The van der Waals surface area contributed by atoms with Gasteiger partial charge in [-0.15, -0.1) is 0 Å². The quantitative estimate of drug-likeness (QED) is 0.459. The highest BCUT2D eigenvalue weighted by molar-refractivity contribution is 5.65. The van der Waals surface area contributed by atoms with E-state index in [2.05, 4.69) is 5.08 Å². The Balaban J connectivity index is 3.28.